The summed E-state index contributed by atoms with van der Waals surface area (Å²) in [5, 5.41) is 11.2. The van der Waals surface area contributed by atoms with Crippen LogP contribution in [0.5, 0.6) is 0 Å². The average molecular weight is 216 g/mol. The Morgan fingerprint density at radius 2 is 2.06 bits per heavy atom. The number of pyridine rings is 1. The Balaban J connectivity index is 2.52. The molecule has 2 atom stereocenters. The van der Waals surface area contributed by atoms with Gasteiger partial charge in [-0.15, -0.1) is 0 Å². The molecule has 0 aliphatic rings. The summed E-state index contributed by atoms with van der Waals surface area (Å²) in [5.74, 6) is 0.0348. The molecular formula is C13H16N2O. The number of nitrogens with zero attached hydrogens (tertiary/aromatic N) is 1. The monoisotopic (exact) mass is 216 g/mol. The molecule has 2 unspecified atom stereocenters. The summed E-state index contributed by atoms with van der Waals surface area (Å²) < 4.78 is 0. The minimum Gasteiger partial charge on any atom is -0.388 e. The number of aliphatic hydroxyl groups is 1. The normalized spacial score (nSPS) is 14.9. The summed E-state index contributed by atoms with van der Waals surface area (Å²) in [5.41, 5.74) is 7.29. The van der Waals surface area contributed by atoms with Crippen LogP contribution in [0.1, 0.15) is 18.6 Å². The number of hydrogen-bond donors (Lipinski definition) is 2. The largest absolute Gasteiger partial charge is 0.388 e. The number of rotatable bonds is 3. The van der Waals surface area contributed by atoms with E-state index in [1.807, 2.05) is 37.3 Å². The van der Waals surface area contributed by atoms with Gasteiger partial charge in [0.05, 0.1) is 11.6 Å². The molecule has 16 heavy (non-hydrogen) atoms. The van der Waals surface area contributed by atoms with Crippen molar-refractivity contribution in [3.8, 4) is 0 Å². The highest BCUT2D eigenvalue weighted by Gasteiger charge is 2.17. The molecule has 2 aromatic rings. The molecule has 3 heteroatoms. The zero-order valence-electron chi connectivity index (χ0n) is 9.30. The van der Waals surface area contributed by atoms with Crippen molar-refractivity contribution in [1.82, 2.24) is 4.98 Å². The first-order chi connectivity index (χ1) is 7.74. The highest BCUT2D eigenvalue weighted by molar-refractivity contribution is 5.81. The molecule has 1 aromatic heterocycles. The molecule has 0 saturated carbocycles. The summed E-state index contributed by atoms with van der Waals surface area (Å²) >= 11 is 0. The van der Waals surface area contributed by atoms with E-state index in [1.54, 1.807) is 6.20 Å². The third-order valence-electron chi connectivity index (χ3n) is 2.89. The lowest BCUT2D eigenvalue weighted by atomic mass is 9.95. The van der Waals surface area contributed by atoms with Crippen LogP contribution in [0.3, 0.4) is 0 Å². The lowest BCUT2D eigenvalue weighted by molar-refractivity contribution is 0.123. The van der Waals surface area contributed by atoms with E-state index in [9.17, 15) is 5.11 Å². The van der Waals surface area contributed by atoms with Crippen LogP contribution in [0.25, 0.3) is 10.9 Å². The fraction of sp³-hybridized carbons (Fsp3) is 0.308. The SMILES string of the molecule is CC(CN)C(O)c1cccc2cccnc12. The number of fused-ring (bicyclic) bond motifs is 1. The first-order valence-electron chi connectivity index (χ1n) is 5.46. The zero-order valence-corrected chi connectivity index (χ0v) is 9.30. The zero-order chi connectivity index (χ0) is 11.5. The molecule has 0 amide bonds. The minimum absolute atomic E-state index is 0.0348. The Morgan fingerprint density at radius 1 is 1.31 bits per heavy atom. The van der Waals surface area contributed by atoms with Gasteiger partial charge in [0.2, 0.25) is 0 Å². The van der Waals surface area contributed by atoms with Gasteiger partial charge in [0.25, 0.3) is 0 Å². The van der Waals surface area contributed by atoms with Crippen LogP contribution in [0.2, 0.25) is 0 Å². The maximum absolute atomic E-state index is 10.2. The van der Waals surface area contributed by atoms with E-state index >= 15 is 0 Å². The maximum atomic E-state index is 10.2. The van der Waals surface area contributed by atoms with Gasteiger partial charge in [-0.05, 0) is 18.5 Å². The van der Waals surface area contributed by atoms with E-state index in [4.69, 9.17) is 5.73 Å². The van der Waals surface area contributed by atoms with Crippen LogP contribution in [-0.2, 0) is 0 Å². The lowest BCUT2D eigenvalue weighted by Gasteiger charge is -2.18. The molecule has 3 nitrogen and oxygen atoms in total. The van der Waals surface area contributed by atoms with Gasteiger partial charge < -0.3 is 10.8 Å². The molecule has 0 bridgehead atoms. The van der Waals surface area contributed by atoms with Crippen LogP contribution in [0, 0.1) is 5.92 Å². The molecule has 0 aliphatic carbocycles. The van der Waals surface area contributed by atoms with E-state index in [-0.39, 0.29) is 5.92 Å². The van der Waals surface area contributed by atoms with Crippen molar-refractivity contribution in [2.45, 2.75) is 13.0 Å². The third kappa shape index (κ3) is 1.92. The summed E-state index contributed by atoms with van der Waals surface area (Å²) in [6.45, 7) is 2.40. The predicted octanol–water partition coefficient (Wildman–Crippen LogP) is 1.86. The van der Waals surface area contributed by atoms with Gasteiger partial charge in [-0.3, -0.25) is 4.98 Å². The number of aliphatic hydroxyl groups excluding tert-OH is 1. The molecule has 0 saturated heterocycles. The second-order valence-corrected chi connectivity index (χ2v) is 4.08. The third-order valence-corrected chi connectivity index (χ3v) is 2.89. The van der Waals surface area contributed by atoms with Crippen molar-refractivity contribution in [3.63, 3.8) is 0 Å². The molecule has 0 spiro atoms. The molecule has 0 aliphatic heterocycles. The molecule has 3 N–H and O–H groups in total. The predicted molar refractivity (Wildman–Crippen MR) is 64.9 cm³/mol. The topological polar surface area (TPSA) is 59.1 Å². The molecular weight excluding hydrogens is 200 g/mol. The number of benzene rings is 1. The van der Waals surface area contributed by atoms with E-state index in [0.717, 1.165) is 16.5 Å². The first kappa shape index (κ1) is 11.0. The summed E-state index contributed by atoms with van der Waals surface area (Å²) in [6, 6.07) is 9.72. The standard InChI is InChI=1S/C13H16N2O/c1-9(8-14)13(16)11-6-2-4-10-5-3-7-15-12(10)11/h2-7,9,13,16H,8,14H2,1H3. The van der Waals surface area contributed by atoms with Gasteiger partial charge in [0.1, 0.15) is 0 Å². The van der Waals surface area contributed by atoms with E-state index < -0.39 is 6.10 Å². The smallest absolute Gasteiger partial charge is 0.0848 e. The summed E-state index contributed by atoms with van der Waals surface area (Å²) in [4.78, 5) is 4.32. The van der Waals surface area contributed by atoms with Gasteiger partial charge in [-0.25, -0.2) is 0 Å². The highest BCUT2D eigenvalue weighted by atomic mass is 16.3. The van der Waals surface area contributed by atoms with Crippen molar-refractivity contribution in [2.75, 3.05) is 6.54 Å². The highest BCUT2D eigenvalue weighted by Crippen LogP contribution is 2.26. The Kier molecular flexibility index (Phi) is 3.17. The molecule has 0 fully saturated rings. The Morgan fingerprint density at radius 3 is 2.81 bits per heavy atom. The fourth-order valence-corrected chi connectivity index (χ4v) is 1.80. The van der Waals surface area contributed by atoms with Crippen molar-refractivity contribution in [3.05, 3.63) is 42.1 Å². The van der Waals surface area contributed by atoms with E-state index in [2.05, 4.69) is 4.98 Å². The van der Waals surface area contributed by atoms with Gasteiger partial charge in [0, 0.05) is 17.1 Å². The van der Waals surface area contributed by atoms with Crippen molar-refractivity contribution >= 4 is 10.9 Å². The second kappa shape index (κ2) is 4.60. The van der Waals surface area contributed by atoms with Crippen LogP contribution < -0.4 is 5.73 Å². The van der Waals surface area contributed by atoms with Gasteiger partial charge >= 0.3 is 0 Å². The number of nitrogens with two attached hydrogens (primary N) is 1. The average Bonchev–Trinajstić information content (AvgIpc) is 2.36. The maximum Gasteiger partial charge on any atom is 0.0848 e. The molecule has 0 radical (unpaired) electrons. The fourth-order valence-electron chi connectivity index (χ4n) is 1.80. The summed E-state index contributed by atoms with van der Waals surface area (Å²) in [6.07, 6.45) is 1.19. The van der Waals surface area contributed by atoms with Crippen LogP contribution in [0.4, 0.5) is 0 Å². The lowest BCUT2D eigenvalue weighted by Crippen LogP contribution is -2.19. The number of para-hydroxylation sites is 1. The number of hydrogen-bond acceptors (Lipinski definition) is 3. The molecule has 1 aromatic carbocycles. The van der Waals surface area contributed by atoms with Crippen molar-refractivity contribution < 1.29 is 5.11 Å². The van der Waals surface area contributed by atoms with E-state index in [0.29, 0.717) is 6.54 Å². The quantitative estimate of drug-likeness (QED) is 0.823. The molecule has 2 rings (SSSR count). The van der Waals surface area contributed by atoms with Crippen LogP contribution in [-0.4, -0.2) is 16.6 Å². The van der Waals surface area contributed by atoms with Crippen LogP contribution >= 0.6 is 0 Å². The second-order valence-electron chi connectivity index (χ2n) is 4.08. The Hall–Kier alpha value is -1.45. The number of aromatic nitrogens is 1. The van der Waals surface area contributed by atoms with Gasteiger partial charge in [-0.1, -0.05) is 31.2 Å². The summed E-state index contributed by atoms with van der Waals surface area (Å²) in [7, 11) is 0. The van der Waals surface area contributed by atoms with Crippen LogP contribution in [0.15, 0.2) is 36.5 Å². The van der Waals surface area contributed by atoms with Crippen molar-refractivity contribution in [2.24, 2.45) is 11.7 Å². The van der Waals surface area contributed by atoms with Gasteiger partial charge in [-0.2, -0.15) is 0 Å². The van der Waals surface area contributed by atoms with Crippen molar-refractivity contribution in [1.29, 1.82) is 0 Å². The minimum atomic E-state index is -0.552. The van der Waals surface area contributed by atoms with E-state index in [1.165, 1.54) is 0 Å². The first-order valence-corrected chi connectivity index (χ1v) is 5.46. The van der Waals surface area contributed by atoms with Gasteiger partial charge in [0.15, 0.2) is 0 Å². The molecule has 84 valence electrons. The Labute approximate surface area is 94.9 Å². The Bertz CT molecular complexity index is 479. The molecule has 1 heterocycles.